The molecule has 1 aliphatic heterocycles. The molecule has 7 rings (SSSR count). The van der Waals surface area contributed by atoms with Crippen LogP contribution < -0.4 is 5.43 Å². The first-order chi connectivity index (χ1) is 19.1. The maximum atomic E-state index is 4.93. The molecule has 0 saturated carbocycles. The van der Waals surface area contributed by atoms with E-state index in [1.54, 1.807) is 12.4 Å². The molecule has 1 aliphatic rings. The van der Waals surface area contributed by atoms with Gasteiger partial charge in [-0.25, -0.2) is 19.5 Å². The number of benzene rings is 1. The highest BCUT2D eigenvalue weighted by Crippen LogP contribution is 2.30. The molecule has 6 heterocycles. The second-order valence-corrected chi connectivity index (χ2v) is 9.39. The summed E-state index contributed by atoms with van der Waals surface area (Å²) in [5, 5.41) is 16.5. The van der Waals surface area contributed by atoms with Crippen molar-refractivity contribution in [2.24, 2.45) is 0 Å². The van der Waals surface area contributed by atoms with E-state index in [4.69, 9.17) is 10.1 Å². The van der Waals surface area contributed by atoms with Crippen LogP contribution in [0.4, 0.5) is 0 Å². The minimum atomic E-state index is 0.606. The molecule has 0 saturated heterocycles. The minimum absolute atomic E-state index is 0.606. The molecule has 0 aliphatic carbocycles. The van der Waals surface area contributed by atoms with Gasteiger partial charge in [0.25, 0.3) is 0 Å². The number of hydrazine groups is 1. The van der Waals surface area contributed by atoms with E-state index in [0.29, 0.717) is 11.5 Å². The lowest BCUT2D eigenvalue weighted by Gasteiger charge is -2.22. The largest absolute Gasteiger partial charge is 0.306 e. The van der Waals surface area contributed by atoms with Gasteiger partial charge in [-0.3, -0.25) is 5.01 Å². The molecule has 1 aromatic carbocycles. The fourth-order valence-corrected chi connectivity index (χ4v) is 4.76. The Kier molecular flexibility index (Phi) is 5.36. The first-order valence-corrected chi connectivity index (χ1v) is 12.6. The van der Waals surface area contributed by atoms with Crippen LogP contribution in [0.3, 0.4) is 0 Å². The number of allylic oxidation sites excluding steroid dienone is 2. The lowest BCUT2D eigenvalue weighted by atomic mass is 10.0. The van der Waals surface area contributed by atoms with Crippen molar-refractivity contribution in [2.75, 3.05) is 0 Å². The topological polar surface area (TPSA) is 102 Å². The standard InChI is InChI=1S/C29H24N10/c1-19-16-33-39(35-19)27-10-9-24-23(11-13-30-29(24)34-27)26-17-31-28-15-25(20(2)36-38(26)28)22-7-5-21(6-8-22)18-37-14-4-3-12-32-37/h3-17,32H,18H2,1-2H3. The Morgan fingerprint density at radius 2 is 1.77 bits per heavy atom. The van der Waals surface area contributed by atoms with Crippen LogP contribution in [0.1, 0.15) is 17.0 Å². The molecule has 0 unspecified atom stereocenters. The Balaban J connectivity index is 1.22. The van der Waals surface area contributed by atoms with Gasteiger partial charge in [0.1, 0.15) is 0 Å². The number of nitrogens with one attached hydrogen (secondary N) is 1. The highest BCUT2D eigenvalue weighted by Gasteiger charge is 2.15. The Morgan fingerprint density at radius 1 is 0.872 bits per heavy atom. The van der Waals surface area contributed by atoms with Gasteiger partial charge in [0.2, 0.25) is 0 Å². The molecule has 0 fully saturated rings. The zero-order chi connectivity index (χ0) is 26.3. The molecule has 0 radical (unpaired) electrons. The Bertz CT molecular complexity index is 1900. The van der Waals surface area contributed by atoms with Crippen LogP contribution in [0.15, 0.2) is 91.7 Å². The second kappa shape index (κ2) is 9.18. The van der Waals surface area contributed by atoms with E-state index in [1.165, 1.54) is 10.4 Å². The average molecular weight is 513 g/mol. The molecule has 0 bridgehead atoms. The molecular formula is C29H24N10. The van der Waals surface area contributed by atoms with E-state index < -0.39 is 0 Å². The molecule has 6 aromatic rings. The van der Waals surface area contributed by atoms with Crippen molar-refractivity contribution < 1.29 is 0 Å². The number of rotatable bonds is 5. The molecule has 190 valence electrons. The number of nitrogens with zero attached hydrogens (tertiary/aromatic N) is 9. The van der Waals surface area contributed by atoms with Gasteiger partial charge in [-0.1, -0.05) is 24.3 Å². The van der Waals surface area contributed by atoms with Gasteiger partial charge in [0.15, 0.2) is 17.1 Å². The van der Waals surface area contributed by atoms with Crippen molar-refractivity contribution in [3.63, 3.8) is 0 Å². The summed E-state index contributed by atoms with van der Waals surface area (Å²) in [6.07, 6.45) is 13.2. The second-order valence-electron chi connectivity index (χ2n) is 9.39. The third-order valence-electron chi connectivity index (χ3n) is 6.68. The van der Waals surface area contributed by atoms with Gasteiger partial charge in [0.05, 0.1) is 36.0 Å². The van der Waals surface area contributed by atoms with Gasteiger partial charge >= 0.3 is 0 Å². The van der Waals surface area contributed by atoms with Crippen LogP contribution in [0, 0.1) is 13.8 Å². The molecule has 10 nitrogen and oxygen atoms in total. The number of hydrogen-bond donors (Lipinski definition) is 1. The summed E-state index contributed by atoms with van der Waals surface area (Å²) in [6.45, 7) is 4.69. The number of hydrogen-bond acceptors (Lipinski definition) is 8. The monoisotopic (exact) mass is 512 g/mol. The smallest absolute Gasteiger partial charge is 0.176 e. The van der Waals surface area contributed by atoms with Crippen molar-refractivity contribution in [1.82, 2.24) is 50.0 Å². The first kappa shape index (κ1) is 22.8. The van der Waals surface area contributed by atoms with Crippen molar-refractivity contribution in [2.45, 2.75) is 20.4 Å². The molecule has 0 amide bonds. The predicted molar refractivity (Wildman–Crippen MR) is 148 cm³/mol. The third-order valence-corrected chi connectivity index (χ3v) is 6.68. The van der Waals surface area contributed by atoms with Crippen molar-refractivity contribution in [1.29, 1.82) is 0 Å². The van der Waals surface area contributed by atoms with Crippen molar-refractivity contribution in [3.05, 3.63) is 109 Å². The van der Waals surface area contributed by atoms with Crippen molar-refractivity contribution in [3.8, 4) is 28.2 Å². The van der Waals surface area contributed by atoms with Gasteiger partial charge in [-0.2, -0.15) is 15.3 Å². The molecule has 5 aromatic heterocycles. The summed E-state index contributed by atoms with van der Waals surface area (Å²) in [5.74, 6) is 0.614. The van der Waals surface area contributed by atoms with Gasteiger partial charge in [-0.15, -0.1) is 4.80 Å². The average Bonchev–Trinajstić information content (AvgIpc) is 3.59. The molecule has 0 spiro atoms. The molecule has 10 heteroatoms. The van der Waals surface area contributed by atoms with Crippen LogP contribution in [-0.4, -0.2) is 44.6 Å². The maximum absolute atomic E-state index is 4.93. The zero-order valence-electron chi connectivity index (χ0n) is 21.4. The number of fused-ring (bicyclic) bond motifs is 2. The fourth-order valence-electron chi connectivity index (χ4n) is 4.76. The molecular weight excluding hydrogens is 488 g/mol. The van der Waals surface area contributed by atoms with E-state index in [0.717, 1.165) is 51.4 Å². The summed E-state index contributed by atoms with van der Waals surface area (Å²) in [7, 11) is 0. The summed E-state index contributed by atoms with van der Waals surface area (Å²) >= 11 is 0. The quantitative estimate of drug-likeness (QED) is 0.359. The van der Waals surface area contributed by atoms with Gasteiger partial charge < -0.3 is 5.43 Å². The summed E-state index contributed by atoms with van der Waals surface area (Å²) in [5.41, 5.74) is 11.5. The summed E-state index contributed by atoms with van der Waals surface area (Å²) in [4.78, 5) is 15.4. The van der Waals surface area contributed by atoms with Gasteiger partial charge in [-0.05, 0) is 61.4 Å². The van der Waals surface area contributed by atoms with E-state index in [1.807, 2.05) is 72.3 Å². The highest BCUT2D eigenvalue weighted by molar-refractivity contribution is 5.92. The fraction of sp³-hybridized carbons (Fsp3) is 0.103. The van der Waals surface area contributed by atoms with E-state index >= 15 is 0 Å². The van der Waals surface area contributed by atoms with Crippen molar-refractivity contribution >= 4 is 16.7 Å². The number of aryl methyl sites for hydroxylation is 2. The van der Waals surface area contributed by atoms with Crippen LogP contribution in [0.5, 0.6) is 0 Å². The normalized spacial score (nSPS) is 12.9. The summed E-state index contributed by atoms with van der Waals surface area (Å²) < 4.78 is 1.89. The number of aromatic nitrogens is 8. The number of imidazole rings is 1. The SMILES string of the molecule is Cc1cnn(-c2ccc3c(-c4cnc5cc(-c6ccc(CN7C=CC=CN7)cc6)c(C)nn45)ccnc3n2)n1. The predicted octanol–water partition coefficient (Wildman–Crippen LogP) is 4.55. The molecule has 39 heavy (non-hydrogen) atoms. The Labute approximate surface area is 223 Å². The van der Waals surface area contributed by atoms with E-state index in [2.05, 4.69) is 55.9 Å². The van der Waals surface area contributed by atoms with Crippen LogP contribution in [0.2, 0.25) is 0 Å². The van der Waals surface area contributed by atoms with E-state index in [9.17, 15) is 0 Å². The lowest BCUT2D eigenvalue weighted by Crippen LogP contribution is -2.29. The number of pyridine rings is 2. The van der Waals surface area contributed by atoms with Crippen LogP contribution in [-0.2, 0) is 6.54 Å². The molecule has 1 N–H and O–H groups in total. The van der Waals surface area contributed by atoms with Crippen LogP contribution >= 0.6 is 0 Å². The van der Waals surface area contributed by atoms with Gasteiger partial charge in [0, 0.05) is 35.1 Å². The Morgan fingerprint density at radius 3 is 2.56 bits per heavy atom. The highest BCUT2D eigenvalue weighted by atomic mass is 15.5. The minimum Gasteiger partial charge on any atom is -0.306 e. The summed E-state index contributed by atoms with van der Waals surface area (Å²) in [6, 6.07) is 16.5. The first-order valence-electron chi connectivity index (χ1n) is 12.6. The van der Waals surface area contributed by atoms with E-state index in [-0.39, 0.29) is 0 Å². The molecule has 0 atom stereocenters. The third kappa shape index (κ3) is 4.17. The van der Waals surface area contributed by atoms with Crippen LogP contribution in [0.25, 0.3) is 44.9 Å². The lowest BCUT2D eigenvalue weighted by molar-refractivity contribution is 0.304. The Hall–Kier alpha value is -5.38. The maximum Gasteiger partial charge on any atom is 0.176 e. The zero-order valence-corrected chi connectivity index (χ0v) is 21.4.